The first kappa shape index (κ1) is 14.5. The van der Waals surface area contributed by atoms with Crippen LogP contribution in [0, 0.1) is 18.6 Å². The summed E-state index contributed by atoms with van der Waals surface area (Å²) in [6.45, 7) is 3.47. The predicted molar refractivity (Wildman–Crippen MR) is 72.5 cm³/mol. The van der Waals surface area contributed by atoms with E-state index in [0.717, 1.165) is 29.3 Å². The van der Waals surface area contributed by atoms with Crippen molar-refractivity contribution in [1.82, 2.24) is 0 Å². The van der Waals surface area contributed by atoms with E-state index >= 15 is 0 Å². The van der Waals surface area contributed by atoms with Gasteiger partial charge < -0.3 is 9.84 Å². The molecule has 0 unspecified atom stereocenters. The minimum atomic E-state index is -0.552. The maximum atomic E-state index is 13.5. The standard InChI is InChI=1S/C16H16F2O2/c1-10-7-12(11(2)19)3-6-16(10)20-9-13-8-14(17)4-5-15(13)18/h3-8,11,19H,9H2,1-2H3/t11-/m1/s1. The van der Waals surface area contributed by atoms with Crippen LogP contribution in [0.4, 0.5) is 8.78 Å². The average Bonchev–Trinajstić information content (AvgIpc) is 2.40. The summed E-state index contributed by atoms with van der Waals surface area (Å²) in [5.41, 5.74) is 1.79. The first-order valence-electron chi connectivity index (χ1n) is 6.32. The molecule has 0 saturated heterocycles. The number of hydrogen-bond donors (Lipinski definition) is 1. The van der Waals surface area contributed by atoms with E-state index < -0.39 is 17.7 Å². The Hall–Kier alpha value is -1.94. The molecule has 0 aliphatic rings. The van der Waals surface area contributed by atoms with Crippen molar-refractivity contribution in [2.45, 2.75) is 26.6 Å². The number of halogens is 2. The molecule has 2 rings (SSSR count). The lowest BCUT2D eigenvalue weighted by Gasteiger charge is -2.12. The van der Waals surface area contributed by atoms with E-state index in [4.69, 9.17) is 4.74 Å². The lowest BCUT2D eigenvalue weighted by Crippen LogP contribution is -2.01. The Morgan fingerprint density at radius 2 is 1.90 bits per heavy atom. The Morgan fingerprint density at radius 1 is 1.15 bits per heavy atom. The fraction of sp³-hybridized carbons (Fsp3) is 0.250. The summed E-state index contributed by atoms with van der Waals surface area (Å²) in [4.78, 5) is 0. The average molecular weight is 278 g/mol. The van der Waals surface area contributed by atoms with Crippen LogP contribution >= 0.6 is 0 Å². The third kappa shape index (κ3) is 3.33. The van der Waals surface area contributed by atoms with Crippen LogP contribution < -0.4 is 4.74 Å². The second kappa shape index (κ2) is 6.01. The molecule has 20 heavy (non-hydrogen) atoms. The normalized spacial score (nSPS) is 12.2. The van der Waals surface area contributed by atoms with Crippen LogP contribution in [-0.2, 0) is 6.61 Å². The summed E-state index contributed by atoms with van der Waals surface area (Å²) >= 11 is 0. The van der Waals surface area contributed by atoms with Gasteiger partial charge in [0.05, 0.1) is 6.10 Å². The molecule has 1 atom stereocenters. The largest absolute Gasteiger partial charge is 0.489 e. The molecule has 0 aliphatic carbocycles. The van der Waals surface area contributed by atoms with Gasteiger partial charge in [0.1, 0.15) is 24.0 Å². The van der Waals surface area contributed by atoms with Gasteiger partial charge in [-0.15, -0.1) is 0 Å². The molecule has 0 saturated carbocycles. The van der Waals surface area contributed by atoms with E-state index in [1.54, 1.807) is 19.1 Å². The van der Waals surface area contributed by atoms with E-state index in [-0.39, 0.29) is 12.2 Å². The fourth-order valence-corrected chi connectivity index (χ4v) is 1.90. The predicted octanol–water partition coefficient (Wildman–Crippen LogP) is 3.91. The van der Waals surface area contributed by atoms with Crippen molar-refractivity contribution in [2.24, 2.45) is 0 Å². The van der Waals surface area contributed by atoms with Crippen molar-refractivity contribution < 1.29 is 18.6 Å². The van der Waals surface area contributed by atoms with Gasteiger partial charge in [0.25, 0.3) is 0 Å². The molecule has 2 aromatic carbocycles. The number of aryl methyl sites for hydroxylation is 1. The molecule has 106 valence electrons. The number of ether oxygens (including phenoxy) is 1. The number of benzene rings is 2. The molecule has 0 fully saturated rings. The number of hydrogen-bond acceptors (Lipinski definition) is 2. The molecule has 0 radical (unpaired) electrons. The molecular formula is C16H16F2O2. The van der Waals surface area contributed by atoms with E-state index in [1.807, 2.05) is 13.0 Å². The van der Waals surface area contributed by atoms with Gasteiger partial charge in [0.15, 0.2) is 0 Å². The monoisotopic (exact) mass is 278 g/mol. The summed E-state index contributed by atoms with van der Waals surface area (Å²) in [6.07, 6.45) is -0.552. The Bertz CT molecular complexity index is 609. The first-order chi connectivity index (χ1) is 9.47. The highest BCUT2D eigenvalue weighted by Crippen LogP contribution is 2.24. The lowest BCUT2D eigenvalue weighted by atomic mass is 10.1. The van der Waals surface area contributed by atoms with Crippen LogP contribution in [0.1, 0.15) is 29.7 Å². The van der Waals surface area contributed by atoms with Crippen molar-refractivity contribution in [2.75, 3.05) is 0 Å². The van der Waals surface area contributed by atoms with Gasteiger partial charge in [-0.2, -0.15) is 0 Å². The van der Waals surface area contributed by atoms with Gasteiger partial charge >= 0.3 is 0 Å². The molecule has 0 bridgehead atoms. The highest BCUT2D eigenvalue weighted by Gasteiger charge is 2.08. The summed E-state index contributed by atoms with van der Waals surface area (Å²) in [5.74, 6) is -0.408. The van der Waals surface area contributed by atoms with Crippen LogP contribution in [0.2, 0.25) is 0 Å². The molecule has 0 spiro atoms. The summed E-state index contributed by atoms with van der Waals surface area (Å²) in [7, 11) is 0. The van der Waals surface area contributed by atoms with Gasteiger partial charge in [0.2, 0.25) is 0 Å². The van der Waals surface area contributed by atoms with Crippen LogP contribution in [0.3, 0.4) is 0 Å². The van der Waals surface area contributed by atoms with Crippen LogP contribution in [-0.4, -0.2) is 5.11 Å². The minimum absolute atomic E-state index is 0.0432. The van der Waals surface area contributed by atoms with Gasteiger partial charge in [-0.25, -0.2) is 8.78 Å². The highest BCUT2D eigenvalue weighted by molar-refractivity contribution is 5.37. The first-order valence-corrected chi connectivity index (χ1v) is 6.32. The Morgan fingerprint density at radius 3 is 2.55 bits per heavy atom. The molecule has 0 amide bonds. The molecule has 0 aromatic heterocycles. The second-order valence-electron chi connectivity index (χ2n) is 4.73. The number of aliphatic hydroxyl groups excluding tert-OH is 1. The SMILES string of the molecule is Cc1cc([C@@H](C)O)ccc1OCc1cc(F)ccc1F. The molecule has 1 N–H and O–H groups in total. The van der Waals surface area contributed by atoms with E-state index in [9.17, 15) is 13.9 Å². The number of aliphatic hydroxyl groups is 1. The smallest absolute Gasteiger partial charge is 0.130 e. The summed E-state index contributed by atoms with van der Waals surface area (Å²) in [5, 5.41) is 9.48. The minimum Gasteiger partial charge on any atom is -0.489 e. The van der Waals surface area contributed by atoms with E-state index in [2.05, 4.69) is 0 Å². The van der Waals surface area contributed by atoms with Crippen LogP contribution in [0.15, 0.2) is 36.4 Å². The van der Waals surface area contributed by atoms with Crippen molar-refractivity contribution in [3.8, 4) is 5.75 Å². The van der Waals surface area contributed by atoms with Crippen molar-refractivity contribution in [3.05, 3.63) is 64.7 Å². The molecular weight excluding hydrogens is 262 g/mol. The van der Waals surface area contributed by atoms with Crippen molar-refractivity contribution in [3.63, 3.8) is 0 Å². The molecule has 2 aromatic rings. The zero-order valence-electron chi connectivity index (χ0n) is 11.4. The van der Waals surface area contributed by atoms with Gasteiger partial charge in [-0.05, 0) is 55.3 Å². The van der Waals surface area contributed by atoms with Gasteiger partial charge in [-0.1, -0.05) is 6.07 Å². The third-order valence-corrected chi connectivity index (χ3v) is 3.07. The quantitative estimate of drug-likeness (QED) is 0.919. The molecule has 4 heteroatoms. The summed E-state index contributed by atoms with van der Waals surface area (Å²) < 4.78 is 32.0. The zero-order valence-corrected chi connectivity index (χ0v) is 11.4. The van der Waals surface area contributed by atoms with Gasteiger partial charge in [-0.3, -0.25) is 0 Å². The third-order valence-electron chi connectivity index (χ3n) is 3.07. The zero-order chi connectivity index (χ0) is 14.7. The van der Waals surface area contributed by atoms with Crippen molar-refractivity contribution in [1.29, 1.82) is 0 Å². The molecule has 0 heterocycles. The highest BCUT2D eigenvalue weighted by atomic mass is 19.1. The van der Waals surface area contributed by atoms with E-state index in [1.165, 1.54) is 0 Å². The topological polar surface area (TPSA) is 29.5 Å². The maximum absolute atomic E-state index is 13.5. The number of rotatable bonds is 4. The van der Waals surface area contributed by atoms with Gasteiger partial charge in [0, 0.05) is 5.56 Å². The van der Waals surface area contributed by atoms with E-state index in [0.29, 0.717) is 5.75 Å². The lowest BCUT2D eigenvalue weighted by molar-refractivity contribution is 0.199. The fourth-order valence-electron chi connectivity index (χ4n) is 1.90. The van der Waals surface area contributed by atoms with Crippen LogP contribution in [0.5, 0.6) is 5.75 Å². The molecule has 0 aliphatic heterocycles. The Kier molecular flexibility index (Phi) is 4.35. The second-order valence-corrected chi connectivity index (χ2v) is 4.73. The molecule has 2 nitrogen and oxygen atoms in total. The summed E-state index contributed by atoms with van der Waals surface area (Å²) in [6, 6.07) is 8.54. The Balaban J connectivity index is 2.13. The van der Waals surface area contributed by atoms with Crippen LogP contribution in [0.25, 0.3) is 0 Å². The van der Waals surface area contributed by atoms with Crippen molar-refractivity contribution >= 4 is 0 Å². The Labute approximate surface area is 116 Å². The maximum Gasteiger partial charge on any atom is 0.130 e.